The zero-order chi connectivity index (χ0) is 21.2. The summed E-state index contributed by atoms with van der Waals surface area (Å²) in [6.45, 7) is 0.873. The van der Waals surface area contributed by atoms with Crippen molar-refractivity contribution in [2.45, 2.75) is 51.5 Å². The largest absolute Gasteiger partial charge is 0.481 e. The summed E-state index contributed by atoms with van der Waals surface area (Å²) in [6, 6.07) is 19.9. The van der Waals surface area contributed by atoms with Gasteiger partial charge >= 0.3 is 5.97 Å². The van der Waals surface area contributed by atoms with Gasteiger partial charge in [-0.1, -0.05) is 73.5 Å². The molecule has 3 rings (SSSR count). The molecule has 158 valence electrons. The number of carboxylic acid groups (broad SMARTS) is 1. The summed E-state index contributed by atoms with van der Waals surface area (Å²) in [4.78, 5) is 15.3. The highest BCUT2D eigenvalue weighted by molar-refractivity contribution is 5.66. The van der Waals surface area contributed by atoms with Crippen molar-refractivity contribution < 1.29 is 14.6 Å². The van der Waals surface area contributed by atoms with Gasteiger partial charge in [-0.15, -0.1) is 0 Å². The zero-order valence-electron chi connectivity index (χ0n) is 17.1. The molecular formula is C24H29N3O3. The molecule has 0 saturated carbocycles. The van der Waals surface area contributed by atoms with Crippen molar-refractivity contribution in [1.29, 1.82) is 0 Å². The molecule has 1 aromatic heterocycles. The number of carbonyl (C=O) groups is 1. The molecule has 30 heavy (non-hydrogen) atoms. The van der Waals surface area contributed by atoms with E-state index in [4.69, 9.17) is 15.6 Å². The Hall–Kier alpha value is -2.96. The van der Waals surface area contributed by atoms with Crippen molar-refractivity contribution >= 4 is 5.97 Å². The maximum absolute atomic E-state index is 10.7. The van der Waals surface area contributed by atoms with Crippen LogP contribution in [-0.2, 0) is 22.9 Å². The first kappa shape index (κ1) is 21.7. The summed E-state index contributed by atoms with van der Waals surface area (Å²) in [5.74, 6) is 0.0399. The Morgan fingerprint density at radius 2 is 1.73 bits per heavy atom. The van der Waals surface area contributed by atoms with Gasteiger partial charge in [0.05, 0.1) is 24.5 Å². The highest BCUT2D eigenvalue weighted by atomic mass is 16.5. The van der Waals surface area contributed by atoms with Gasteiger partial charge < -0.3 is 20.1 Å². The van der Waals surface area contributed by atoms with Gasteiger partial charge in [0.25, 0.3) is 0 Å². The number of benzene rings is 2. The molecule has 3 N–H and O–H groups in total. The number of imidazole rings is 1. The van der Waals surface area contributed by atoms with Crippen molar-refractivity contribution in [3.05, 3.63) is 78.2 Å². The smallest absolute Gasteiger partial charge is 0.303 e. The monoisotopic (exact) mass is 407 g/mol. The highest BCUT2D eigenvalue weighted by Gasteiger charge is 2.17. The third-order valence-corrected chi connectivity index (χ3v) is 5.03. The first-order chi connectivity index (χ1) is 14.6. The van der Waals surface area contributed by atoms with Crippen LogP contribution in [-0.4, -0.2) is 20.6 Å². The molecule has 3 aromatic rings. The number of ether oxygens (including phenoxy) is 1. The molecule has 0 unspecified atom stereocenters. The molecule has 0 radical (unpaired) electrons. The van der Waals surface area contributed by atoms with Gasteiger partial charge in [0.1, 0.15) is 12.6 Å². The normalized spacial score (nSPS) is 12.0. The molecule has 2 aromatic carbocycles. The summed E-state index contributed by atoms with van der Waals surface area (Å²) < 4.78 is 8.03. The predicted molar refractivity (Wildman–Crippen MR) is 117 cm³/mol. The van der Waals surface area contributed by atoms with Gasteiger partial charge in [0.2, 0.25) is 0 Å². The number of nitrogens with two attached hydrogens (primary N) is 1. The van der Waals surface area contributed by atoms with Crippen LogP contribution in [0.2, 0.25) is 0 Å². The molecule has 0 fully saturated rings. The minimum absolute atomic E-state index is 0.204. The standard InChI is InChI=1S/C24H29N3O3/c25-21(14-8-3-9-15-23(28)29)24-26-16-22(20-12-6-2-7-13-20)27(24)18-30-17-19-10-4-1-5-11-19/h1-2,4-7,10-13,16,21H,3,8-9,14-15,17-18,25H2,(H,28,29)/t21-/m0/s1. The van der Waals surface area contributed by atoms with Crippen LogP contribution in [0, 0.1) is 0 Å². The summed E-state index contributed by atoms with van der Waals surface area (Å²) >= 11 is 0. The predicted octanol–water partition coefficient (Wildman–Crippen LogP) is 4.76. The van der Waals surface area contributed by atoms with Crippen molar-refractivity contribution in [2.75, 3.05) is 0 Å². The van der Waals surface area contributed by atoms with Crippen molar-refractivity contribution in [1.82, 2.24) is 9.55 Å². The van der Waals surface area contributed by atoms with Crippen LogP contribution in [0.1, 0.15) is 49.5 Å². The van der Waals surface area contributed by atoms with E-state index in [-0.39, 0.29) is 12.5 Å². The Kier molecular flexibility index (Phi) is 8.18. The molecule has 0 bridgehead atoms. The third kappa shape index (κ3) is 6.27. The van der Waals surface area contributed by atoms with E-state index < -0.39 is 5.97 Å². The summed E-state index contributed by atoms with van der Waals surface area (Å²) in [6.07, 6.45) is 5.19. The molecule has 0 amide bonds. The van der Waals surface area contributed by atoms with Crippen molar-refractivity contribution in [3.63, 3.8) is 0 Å². The Morgan fingerprint density at radius 3 is 2.43 bits per heavy atom. The molecule has 0 aliphatic carbocycles. The lowest BCUT2D eigenvalue weighted by Crippen LogP contribution is -2.18. The van der Waals surface area contributed by atoms with Gasteiger partial charge in [-0.25, -0.2) is 4.98 Å². The minimum atomic E-state index is -0.752. The van der Waals surface area contributed by atoms with Crippen LogP contribution >= 0.6 is 0 Å². The van der Waals surface area contributed by atoms with E-state index in [0.717, 1.165) is 41.9 Å². The van der Waals surface area contributed by atoms with Gasteiger partial charge in [0.15, 0.2) is 0 Å². The molecule has 6 heteroatoms. The van der Waals surface area contributed by atoms with Gasteiger partial charge in [-0.2, -0.15) is 0 Å². The van der Waals surface area contributed by atoms with Crippen LogP contribution in [0.3, 0.4) is 0 Å². The Balaban J connectivity index is 1.68. The maximum atomic E-state index is 10.7. The van der Waals surface area contributed by atoms with E-state index in [1.165, 1.54) is 0 Å². The first-order valence-corrected chi connectivity index (χ1v) is 10.3. The molecule has 6 nitrogen and oxygen atoms in total. The Bertz CT molecular complexity index is 910. The van der Waals surface area contributed by atoms with Crippen LogP contribution < -0.4 is 5.73 Å². The maximum Gasteiger partial charge on any atom is 0.303 e. The fourth-order valence-electron chi connectivity index (χ4n) is 3.44. The lowest BCUT2D eigenvalue weighted by atomic mass is 10.1. The number of hydrogen-bond acceptors (Lipinski definition) is 4. The Labute approximate surface area is 177 Å². The number of unbranched alkanes of at least 4 members (excludes halogenated alkanes) is 2. The van der Waals surface area contributed by atoms with E-state index in [1.807, 2.05) is 71.4 Å². The average molecular weight is 408 g/mol. The number of hydrogen-bond donors (Lipinski definition) is 2. The Morgan fingerprint density at radius 1 is 1.03 bits per heavy atom. The molecular weight excluding hydrogens is 378 g/mol. The first-order valence-electron chi connectivity index (χ1n) is 10.3. The van der Waals surface area contributed by atoms with Crippen LogP contribution in [0.5, 0.6) is 0 Å². The average Bonchev–Trinajstić information content (AvgIpc) is 3.18. The quantitative estimate of drug-likeness (QED) is 0.423. The fourth-order valence-corrected chi connectivity index (χ4v) is 3.44. The van der Waals surface area contributed by atoms with Crippen LogP contribution in [0.4, 0.5) is 0 Å². The van der Waals surface area contributed by atoms with Crippen LogP contribution in [0.15, 0.2) is 66.9 Å². The second-order valence-electron chi connectivity index (χ2n) is 7.36. The lowest BCUT2D eigenvalue weighted by molar-refractivity contribution is -0.137. The number of nitrogens with zero attached hydrogens (tertiary/aromatic N) is 2. The van der Waals surface area contributed by atoms with Crippen LogP contribution in [0.25, 0.3) is 11.3 Å². The van der Waals surface area contributed by atoms with Gasteiger partial charge in [-0.3, -0.25) is 4.79 Å². The van der Waals surface area contributed by atoms with Gasteiger partial charge in [0, 0.05) is 6.42 Å². The number of aliphatic carboxylic acids is 1. The number of rotatable bonds is 12. The van der Waals surface area contributed by atoms with Gasteiger partial charge in [-0.05, 0) is 24.0 Å². The summed E-state index contributed by atoms with van der Waals surface area (Å²) in [5.41, 5.74) is 9.61. The third-order valence-electron chi connectivity index (χ3n) is 5.03. The van der Waals surface area contributed by atoms with E-state index >= 15 is 0 Å². The topological polar surface area (TPSA) is 90.4 Å². The van der Waals surface area contributed by atoms with E-state index in [1.54, 1.807) is 0 Å². The molecule has 1 heterocycles. The second kappa shape index (κ2) is 11.3. The summed E-state index contributed by atoms with van der Waals surface area (Å²) in [5, 5.41) is 8.76. The van der Waals surface area contributed by atoms with E-state index in [2.05, 4.69) is 4.98 Å². The number of carboxylic acids is 1. The SMILES string of the molecule is N[C@@H](CCCCCC(=O)O)c1ncc(-c2ccccc2)n1COCc1ccccc1. The lowest BCUT2D eigenvalue weighted by Gasteiger charge is -2.17. The van der Waals surface area contributed by atoms with E-state index in [0.29, 0.717) is 19.8 Å². The number of aromatic nitrogens is 2. The molecule has 1 atom stereocenters. The minimum Gasteiger partial charge on any atom is -0.481 e. The fraction of sp³-hybridized carbons (Fsp3) is 0.333. The second-order valence-corrected chi connectivity index (χ2v) is 7.36. The van der Waals surface area contributed by atoms with Crippen molar-refractivity contribution in [2.24, 2.45) is 5.73 Å². The molecule has 0 aliphatic heterocycles. The highest BCUT2D eigenvalue weighted by Crippen LogP contribution is 2.25. The summed E-state index contributed by atoms with van der Waals surface area (Å²) in [7, 11) is 0. The zero-order valence-corrected chi connectivity index (χ0v) is 17.1. The molecule has 0 aliphatic rings. The molecule has 0 spiro atoms. The van der Waals surface area contributed by atoms with Crippen molar-refractivity contribution in [3.8, 4) is 11.3 Å². The van der Waals surface area contributed by atoms with E-state index in [9.17, 15) is 4.79 Å². The molecule has 0 saturated heterocycles.